The van der Waals surface area contributed by atoms with Crippen molar-refractivity contribution in [3.8, 4) is 0 Å². The molecule has 15 heavy (non-hydrogen) atoms. The number of aromatic nitrogens is 2. The highest BCUT2D eigenvalue weighted by Crippen LogP contribution is 2.00. The standard InChI is InChI=1S/C10H16N4O/c1-4-7(2)14-10(15)8-5-13-9(11-3)6-12-8/h5-7H,4H2,1-3H3,(H,11,13)(H,14,15). The largest absolute Gasteiger partial charge is 0.372 e. The van der Waals surface area contributed by atoms with Crippen LogP contribution >= 0.6 is 0 Å². The molecule has 0 fully saturated rings. The Morgan fingerprint density at radius 3 is 2.67 bits per heavy atom. The lowest BCUT2D eigenvalue weighted by molar-refractivity contribution is 0.0934. The van der Waals surface area contributed by atoms with E-state index in [1.807, 2.05) is 13.8 Å². The quantitative estimate of drug-likeness (QED) is 0.776. The van der Waals surface area contributed by atoms with Crippen LogP contribution in [0.15, 0.2) is 12.4 Å². The molecule has 1 aromatic heterocycles. The Morgan fingerprint density at radius 2 is 2.20 bits per heavy atom. The first kappa shape index (κ1) is 11.4. The summed E-state index contributed by atoms with van der Waals surface area (Å²) in [6.07, 6.45) is 3.89. The smallest absolute Gasteiger partial charge is 0.271 e. The number of carbonyl (C=O) groups is 1. The highest BCUT2D eigenvalue weighted by atomic mass is 16.1. The van der Waals surface area contributed by atoms with Crippen molar-refractivity contribution >= 4 is 11.7 Å². The van der Waals surface area contributed by atoms with Gasteiger partial charge < -0.3 is 10.6 Å². The van der Waals surface area contributed by atoms with Crippen LogP contribution in [0.25, 0.3) is 0 Å². The van der Waals surface area contributed by atoms with Gasteiger partial charge in [0, 0.05) is 13.1 Å². The second-order valence-electron chi connectivity index (χ2n) is 3.32. The van der Waals surface area contributed by atoms with Gasteiger partial charge in [-0.25, -0.2) is 9.97 Å². The van der Waals surface area contributed by atoms with Crippen LogP contribution in [0.2, 0.25) is 0 Å². The topological polar surface area (TPSA) is 66.9 Å². The van der Waals surface area contributed by atoms with Gasteiger partial charge in [-0.1, -0.05) is 6.92 Å². The van der Waals surface area contributed by atoms with Crippen molar-refractivity contribution in [1.29, 1.82) is 0 Å². The zero-order chi connectivity index (χ0) is 11.3. The molecule has 0 spiro atoms. The van der Waals surface area contributed by atoms with Crippen LogP contribution < -0.4 is 10.6 Å². The van der Waals surface area contributed by atoms with Crippen molar-refractivity contribution in [2.24, 2.45) is 0 Å². The highest BCUT2D eigenvalue weighted by molar-refractivity contribution is 5.92. The van der Waals surface area contributed by atoms with Crippen LogP contribution in [0, 0.1) is 0 Å². The predicted octanol–water partition coefficient (Wildman–Crippen LogP) is 1.05. The van der Waals surface area contributed by atoms with E-state index in [4.69, 9.17) is 0 Å². The molecule has 1 heterocycles. The fourth-order valence-electron chi connectivity index (χ4n) is 0.974. The third-order valence-electron chi connectivity index (χ3n) is 2.13. The van der Waals surface area contributed by atoms with E-state index in [1.165, 1.54) is 12.4 Å². The Balaban J connectivity index is 2.66. The Labute approximate surface area is 89.3 Å². The number of hydrogen-bond acceptors (Lipinski definition) is 4. The van der Waals surface area contributed by atoms with E-state index in [0.717, 1.165) is 6.42 Å². The van der Waals surface area contributed by atoms with E-state index >= 15 is 0 Å². The van der Waals surface area contributed by atoms with Crippen LogP contribution in [0.3, 0.4) is 0 Å². The molecule has 1 amide bonds. The monoisotopic (exact) mass is 208 g/mol. The van der Waals surface area contributed by atoms with E-state index in [-0.39, 0.29) is 11.9 Å². The summed E-state index contributed by atoms with van der Waals surface area (Å²) in [5.74, 6) is 0.467. The van der Waals surface area contributed by atoms with Crippen molar-refractivity contribution in [2.75, 3.05) is 12.4 Å². The van der Waals surface area contributed by atoms with E-state index < -0.39 is 0 Å². The van der Waals surface area contributed by atoms with E-state index in [2.05, 4.69) is 20.6 Å². The molecule has 0 aliphatic rings. The number of amides is 1. The number of anilines is 1. The van der Waals surface area contributed by atoms with Crippen molar-refractivity contribution < 1.29 is 4.79 Å². The first-order valence-electron chi connectivity index (χ1n) is 4.98. The van der Waals surface area contributed by atoms with Gasteiger partial charge >= 0.3 is 0 Å². The second-order valence-corrected chi connectivity index (χ2v) is 3.32. The first-order valence-corrected chi connectivity index (χ1v) is 4.98. The predicted molar refractivity (Wildman–Crippen MR) is 58.8 cm³/mol. The maximum atomic E-state index is 11.6. The fourth-order valence-corrected chi connectivity index (χ4v) is 0.974. The maximum absolute atomic E-state index is 11.6. The molecule has 1 aromatic rings. The van der Waals surface area contributed by atoms with Gasteiger partial charge in [0.05, 0.1) is 12.4 Å². The first-order chi connectivity index (χ1) is 7.17. The number of carbonyl (C=O) groups excluding carboxylic acids is 1. The second kappa shape index (κ2) is 5.29. The lowest BCUT2D eigenvalue weighted by Gasteiger charge is -2.10. The van der Waals surface area contributed by atoms with Gasteiger partial charge in [-0.15, -0.1) is 0 Å². The molecular weight excluding hydrogens is 192 g/mol. The zero-order valence-corrected chi connectivity index (χ0v) is 9.24. The lowest BCUT2D eigenvalue weighted by Crippen LogP contribution is -2.32. The molecule has 1 atom stereocenters. The Morgan fingerprint density at radius 1 is 1.47 bits per heavy atom. The van der Waals surface area contributed by atoms with Gasteiger partial charge in [0.25, 0.3) is 5.91 Å². The Kier molecular flexibility index (Phi) is 4.03. The van der Waals surface area contributed by atoms with E-state index in [1.54, 1.807) is 7.05 Å². The van der Waals surface area contributed by atoms with Crippen molar-refractivity contribution in [2.45, 2.75) is 26.3 Å². The summed E-state index contributed by atoms with van der Waals surface area (Å²) >= 11 is 0. The van der Waals surface area contributed by atoms with Gasteiger partial charge in [0.1, 0.15) is 11.5 Å². The Hall–Kier alpha value is -1.65. The van der Waals surface area contributed by atoms with Crippen molar-refractivity contribution in [1.82, 2.24) is 15.3 Å². The summed E-state index contributed by atoms with van der Waals surface area (Å²) in [7, 11) is 1.75. The molecule has 0 saturated carbocycles. The zero-order valence-electron chi connectivity index (χ0n) is 9.24. The number of hydrogen-bond donors (Lipinski definition) is 2. The molecular formula is C10H16N4O. The third kappa shape index (κ3) is 3.19. The number of nitrogens with zero attached hydrogens (tertiary/aromatic N) is 2. The summed E-state index contributed by atoms with van der Waals surface area (Å²) in [5.41, 5.74) is 0.342. The minimum atomic E-state index is -0.181. The number of rotatable bonds is 4. The molecule has 0 aliphatic heterocycles. The molecule has 82 valence electrons. The normalized spacial score (nSPS) is 11.9. The molecule has 5 heteroatoms. The van der Waals surface area contributed by atoms with Crippen LogP contribution in [-0.4, -0.2) is 29.0 Å². The number of nitrogens with one attached hydrogen (secondary N) is 2. The van der Waals surface area contributed by atoms with Gasteiger partial charge in [0.15, 0.2) is 0 Å². The van der Waals surface area contributed by atoms with E-state index in [9.17, 15) is 4.79 Å². The summed E-state index contributed by atoms with van der Waals surface area (Å²) in [5, 5.41) is 5.66. The summed E-state index contributed by atoms with van der Waals surface area (Å²) in [6, 6.07) is 0.156. The molecule has 0 saturated heterocycles. The van der Waals surface area contributed by atoms with Gasteiger partial charge in [-0.2, -0.15) is 0 Å². The van der Waals surface area contributed by atoms with Crippen LogP contribution in [-0.2, 0) is 0 Å². The van der Waals surface area contributed by atoms with Gasteiger partial charge in [-0.3, -0.25) is 4.79 Å². The van der Waals surface area contributed by atoms with Crippen molar-refractivity contribution in [3.05, 3.63) is 18.1 Å². The van der Waals surface area contributed by atoms with Gasteiger partial charge in [0.2, 0.25) is 0 Å². The van der Waals surface area contributed by atoms with Crippen molar-refractivity contribution in [3.63, 3.8) is 0 Å². The Bertz CT molecular complexity index is 323. The molecule has 5 nitrogen and oxygen atoms in total. The average molecular weight is 208 g/mol. The lowest BCUT2D eigenvalue weighted by atomic mass is 10.2. The summed E-state index contributed by atoms with van der Waals surface area (Å²) in [4.78, 5) is 19.6. The molecule has 0 aromatic carbocycles. The minimum Gasteiger partial charge on any atom is -0.372 e. The van der Waals surface area contributed by atoms with Crippen LogP contribution in [0.4, 0.5) is 5.82 Å². The third-order valence-corrected chi connectivity index (χ3v) is 2.13. The molecule has 1 unspecified atom stereocenters. The fraction of sp³-hybridized carbons (Fsp3) is 0.500. The SMILES string of the molecule is CCC(C)NC(=O)c1cnc(NC)cn1. The maximum Gasteiger partial charge on any atom is 0.271 e. The molecule has 2 N–H and O–H groups in total. The highest BCUT2D eigenvalue weighted by Gasteiger charge is 2.09. The molecule has 0 bridgehead atoms. The van der Waals surface area contributed by atoms with Crippen LogP contribution in [0.1, 0.15) is 30.8 Å². The average Bonchev–Trinajstić information content (AvgIpc) is 2.29. The minimum absolute atomic E-state index is 0.156. The molecule has 1 rings (SSSR count). The molecule has 0 aliphatic carbocycles. The van der Waals surface area contributed by atoms with Gasteiger partial charge in [-0.05, 0) is 13.3 Å². The molecule has 0 radical (unpaired) electrons. The van der Waals surface area contributed by atoms with Crippen LogP contribution in [0.5, 0.6) is 0 Å². The van der Waals surface area contributed by atoms with E-state index in [0.29, 0.717) is 11.5 Å². The summed E-state index contributed by atoms with van der Waals surface area (Å²) in [6.45, 7) is 3.97. The summed E-state index contributed by atoms with van der Waals surface area (Å²) < 4.78 is 0.